The molecule has 2 rings (SSSR count). The van der Waals surface area contributed by atoms with E-state index in [4.69, 9.17) is 4.74 Å². The largest absolute Gasteiger partial charge is 0.463 e. The molecule has 2 aliphatic rings. The summed E-state index contributed by atoms with van der Waals surface area (Å²) in [5, 5.41) is 0. The first-order valence-electron chi connectivity index (χ1n) is 3.89. The van der Waals surface area contributed by atoms with Crippen LogP contribution in [0.5, 0.6) is 0 Å². The van der Waals surface area contributed by atoms with Gasteiger partial charge in [0.25, 0.3) is 6.02 Å². The van der Waals surface area contributed by atoms with E-state index in [1.807, 2.05) is 0 Å². The molecule has 0 N–H and O–H groups in total. The highest BCUT2D eigenvalue weighted by atomic mass is 16.5. The zero-order chi connectivity index (χ0) is 6.81. The van der Waals surface area contributed by atoms with E-state index in [1.165, 1.54) is 12.8 Å². The third-order valence-electron chi connectivity index (χ3n) is 1.95. The molecule has 10 heavy (non-hydrogen) atoms. The Morgan fingerprint density at radius 3 is 2.70 bits per heavy atom. The second-order valence-electron chi connectivity index (χ2n) is 2.71. The number of hydrogen-bond donors (Lipinski definition) is 0. The van der Waals surface area contributed by atoms with E-state index in [1.54, 1.807) is 0 Å². The maximum atomic E-state index is 5.31. The molecule has 0 bridgehead atoms. The predicted molar refractivity (Wildman–Crippen MR) is 39.1 cm³/mol. The van der Waals surface area contributed by atoms with Gasteiger partial charge in [-0.3, -0.25) is 0 Å². The summed E-state index contributed by atoms with van der Waals surface area (Å²) in [5.41, 5.74) is 0. The third-order valence-corrected chi connectivity index (χ3v) is 1.95. The topological polar surface area (TPSA) is 24.8 Å². The molecule has 0 aliphatic carbocycles. The monoisotopic (exact) mass is 140 g/mol. The van der Waals surface area contributed by atoms with Gasteiger partial charge in [0.1, 0.15) is 6.61 Å². The number of hydrogen-bond acceptors (Lipinski definition) is 3. The first kappa shape index (κ1) is 6.01. The van der Waals surface area contributed by atoms with E-state index < -0.39 is 0 Å². The first-order valence-corrected chi connectivity index (χ1v) is 3.89. The summed E-state index contributed by atoms with van der Waals surface area (Å²) in [4.78, 5) is 6.47. The molecule has 0 aromatic heterocycles. The Bertz CT molecular complexity index is 150. The molecule has 1 fully saturated rings. The lowest BCUT2D eigenvalue weighted by molar-refractivity contribution is 0.283. The van der Waals surface area contributed by atoms with Crippen LogP contribution in [-0.4, -0.2) is 37.2 Å². The van der Waals surface area contributed by atoms with Crippen molar-refractivity contribution in [3.63, 3.8) is 0 Å². The summed E-state index contributed by atoms with van der Waals surface area (Å²) < 4.78 is 5.31. The first-order chi connectivity index (χ1) is 4.97. The molecule has 0 radical (unpaired) electrons. The molecule has 2 aliphatic heterocycles. The molecule has 0 atom stereocenters. The van der Waals surface area contributed by atoms with Gasteiger partial charge >= 0.3 is 0 Å². The number of amidine groups is 1. The highest BCUT2D eigenvalue weighted by Gasteiger charge is 2.19. The van der Waals surface area contributed by atoms with Crippen molar-refractivity contribution < 1.29 is 4.74 Å². The molecule has 0 saturated carbocycles. The van der Waals surface area contributed by atoms with Gasteiger partial charge < -0.3 is 9.64 Å². The van der Waals surface area contributed by atoms with Gasteiger partial charge in [-0.25, -0.2) is 4.99 Å². The fourth-order valence-corrected chi connectivity index (χ4v) is 1.42. The summed E-state index contributed by atoms with van der Waals surface area (Å²) in [5.74, 6) is 0. The van der Waals surface area contributed by atoms with Crippen LogP contribution >= 0.6 is 0 Å². The van der Waals surface area contributed by atoms with Crippen LogP contribution < -0.4 is 0 Å². The molecule has 0 spiro atoms. The van der Waals surface area contributed by atoms with E-state index in [2.05, 4.69) is 9.89 Å². The smallest absolute Gasteiger partial charge is 0.287 e. The molecular weight excluding hydrogens is 128 g/mol. The number of ether oxygens (including phenoxy) is 1. The van der Waals surface area contributed by atoms with E-state index in [9.17, 15) is 0 Å². The van der Waals surface area contributed by atoms with Crippen LogP contribution in [0.2, 0.25) is 0 Å². The molecule has 56 valence electrons. The number of nitrogens with zero attached hydrogens (tertiary/aromatic N) is 2. The summed E-state index contributed by atoms with van der Waals surface area (Å²) in [6.45, 7) is 3.91. The van der Waals surface area contributed by atoms with Crippen LogP contribution in [0.25, 0.3) is 0 Å². The Morgan fingerprint density at radius 1 is 1.30 bits per heavy atom. The van der Waals surface area contributed by atoms with Crippen molar-refractivity contribution in [2.24, 2.45) is 4.99 Å². The minimum absolute atomic E-state index is 0.784. The van der Waals surface area contributed by atoms with Crippen LogP contribution in [0.3, 0.4) is 0 Å². The van der Waals surface area contributed by atoms with Crippen molar-refractivity contribution in [2.45, 2.75) is 12.8 Å². The molecular formula is C7H12N2O. The van der Waals surface area contributed by atoms with E-state index in [0.29, 0.717) is 0 Å². The van der Waals surface area contributed by atoms with Crippen LogP contribution in [0, 0.1) is 0 Å². The van der Waals surface area contributed by atoms with E-state index in [-0.39, 0.29) is 0 Å². The van der Waals surface area contributed by atoms with Crippen LogP contribution in [-0.2, 0) is 4.74 Å². The van der Waals surface area contributed by atoms with Crippen LogP contribution in [0.1, 0.15) is 12.8 Å². The van der Waals surface area contributed by atoms with Crippen molar-refractivity contribution >= 4 is 6.02 Å². The SMILES string of the molecule is C1CCN(C2=NCCO2)C1. The third kappa shape index (κ3) is 0.958. The van der Waals surface area contributed by atoms with Crippen molar-refractivity contribution in [1.82, 2.24) is 4.90 Å². The van der Waals surface area contributed by atoms with Crippen molar-refractivity contribution in [2.75, 3.05) is 26.2 Å². The maximum absolute atomic E-state index is 5.31. The van der Waals surface area contributed by atoms with Crippen molar-refractivity contribution in [1.29, 1.82) is 0 Å². The highest BCUT2D eigenvalue weighted by molar-refractivity contribution is 5.75. The standard InChI is InChI=1S/C7H12N2O/c1-2-5-9(4-1)7-8-3-6-10-7/h1-6H2. The Labute approximate surface area is 60.7 Å². The minimum atomic E-state index is 0.784. The second-order valence-corrected chi connectivity index (χ2v) is 2.71. The van der Waals surface area contributed by atoms with Crippen molar-refractivity contribution in [3.05, 3.63) is 0 Å². The average molecular weight is 140 g/mol. The van der Waals surface area contributed by atoms with Gasteiger partial charge in [0.2, 0.25) is 0 Å². The Hall–Kier alpha value is -0.730. The normalized spacial score (nSPS) is 24.8. The van der Waals surface area contributed by atoms with Crippen LogP contribution in [0.4, 0.5) is 0 Å². The van der Waals surface area contributed by atoms with Gasteiger partial charge in [0.05, 0.1) is 6.54 Å². The number of aliphatic imine (C=N–C) groups is 1. The molecule has 0 amide bonds. The quantitative estimate of drug-likeness (QED) is 0.488. The maximum Gasteiger partial charge on any atom is 0.287 e. The Kier molecular flexibility index (Phi) is 1.49. The zero-order valence-corrected chi connectivity index (χ0v) is 6.05. The van der Waals surface area contributed by atoms with Gasteiger partial charge in [-0.2, -0.15) is 0 Å². The highest BCUT2D eigenvalue weighted by Crippen LogP contribution is 2.10. The molecule has 0 unspecified atom stereocenters. The average Bonchev–Trinajstić information content (AvgIpc) is 2.59. The molecule has 0 aromatic carbocycles. The van der Waals surface area contributed by atoms with E-state index in [0.717, 1.165) is 32.3 Å². The second kappa shape index (κ2) is 2.48. The fourth-order valence-electron chi connectivity index (χ4n) is 1.42. The molecule has 1 saturated heterocycles. The van der Waals surface area contributed by atoms with Gasteiger partial charge in [-0.1, -0.05) is 0 Å². The van der Waals surface area contributed by atoms with E-state index >= 15 is 0 Å². The summed E-state index contributed by atoms with van der Waals surface area (Å²) in [7, 11) is 0. The van der Waals surface area contributed by atoms with Gasteiger partial charge in [0.15, 0.2) is 0 Å². The fraction of sp³-hybridized carbons (Fsp3) is 0.857. The summed E-state index contributed by atoms with van der Waals surface area (Å²) in [6.07, 6.45) is 2.59. The van der Waals surface area contributed by atoms with Gasteiger partial charge in [-0.05, 0) is 12.8 Å². The summed E-state index contributed by atoms with van der Waals surface area (Å²) in [6, 6.07) is 0.887. The molecule has 0 aromatic rings. The minimum Gasteiger partial charge on any atom is -0.463 e. The lowest BCUT2D eigenvalue weighted by Crippen LogP contribution is -2.27. The summed E-state index contributed by atoms with van der Waals surface area (Å²) >= 11 is 0. The number of rotatable bonds is 0. The van der Waals surface area contributed by atoms with Gasteiger partial charge in [-0.15, -0.1) is 0 Å². The lowest BCUT2D eigenvalue weighted by Gasteiger charge is -2.14. The molecule has 3 heteroatoms. The van der Waals surface area contributed by atoms with Crippen molar-refractivity contribution in [3.8, 4) is 0 Å². The van der Waals surface area contributed by atoms with Crippen LogP contribution in [0.15, 0.2) is 4.99 Å². The lowest BCUT2D eigenvalue weighted by atomic mass is 10.4. The molecule has 2 heterocycles. The van der Waals surface area contributed by atoms with Gasteiger partial charge in [0, 0.05) is 13.1 Å². The molecule has 3 nitrogen and oxygen atoms in total. The predicted octanol–water partition coefficient (Wildman–Crippen LogP) is 0.468. The number of likely N-dealkylation sites (tertiary alicyclic amines) is 1. The zero-order valence-electron chi connectivity index (χ0n) is 6.05. The Morgan fingerprint density at radius 2 is 2.10 bits per heavy atom. The Balaban J connectivity index is 1.97.